The molecule has 0 saturated carbocycles. The molecule has 3 rings (SSSR count). The average Bonchev–Trinajstić information content (AvgIpc) is 3.01. The molecule has 0 spiro atoms. The zero-order valence-corrected chi connectivity index (χ0v) is 11.4. The van der Waals surface area contributed by atoms with Gasteiger partial charge in [-0.2, -0.15) is 18.3 Å². The maximum absolute atomic E-state index is 12.5. The Morgan fingerprint density at radius 1 is 0.909 bits per heavy atom. The number of benzene rings is 2. The second kappa shape index (κ2) is 5.55. The first-order chi connectivity index (χ1) is 10.5. The molecule has 0 aliphatic rings. The Morgan fingerprint density at radius 3 is 2.32 bits per heavy atom. The van der Waals surface area contributed by atoms with Gasteiger partial charge < -0.3 is 5.32 Å². The SMILES string of the molecule is FC(F)(F)c1ccc(Nc2cccc(-n3cccn3)c2)cc1. The van der Waals surface area contributed by atoms with Crippen molar-refractivity contribution in [2.75, 3.05) is 5.32 Å². The molecule has 0 saturated heterocycles. The maximum Gasteiger partial charge on any atom is 0.416 e. The highest BCUT2D eigenvalue weighted by atomic mass is 19.4. The molecule has 0 radical (unpaired) electrons. The van der Waals surface area contributed by atoms with E-state index in [2.05, 4.69) is 10.4 Å². The number of nitrogens with zero attached hydrogens (tertiary/aromatic N) is 2. The summed E-state index contributed by atoms with van der Waals surface area (Å²) >= 11 is 0. The molecule has 3 nitrogen and oxygen atoms in total. The second-order valence-corrected chi connectivity index (χ2v) is 4.70. The summed E-state index contributed by atoms with van der Waals surface area (Å²) < 4.78 is 39.3. The molecule has 0 fully saturated rings. The van der Waals surface area contributed by atoms with Crippen molar-refractivity contribution in [3.05, 3.63) is 72.6 Å². The zero-order valence-electron chi connectivity index (χ0n) is 11.4. The fourth-order valence-corrected chi connectivity index (χ4v) is 2.06. The Hall–Kier alpha value is -2.76. The summed E-state index contributed by atoms with van der Waals surface area (Å²) in [6.45, 7) is 0. The number of nitrogens with one attached hydrogen (secondary N) is 1. The monoisotopic (exact) mass is 303 g/mol. The highest BCUT2D eigenvalue weighted by Gasteiger charge is 2.29. The molecular formula is C16H12F3N3. The van der Waals surface area contributed by atoms with Crippen LogP contribution in [0.4, 0.5) is 24.5 Å². The minimum Gasteiger partial charge on any atom is -0.355 e. The van der Waals surface area contributed by atoms with Crippen molar-refractivity contribution in [3.8, 4) is 5.69 Å². The normalized spacial score (nSPS) is 11.4. The third-order valence-electron chi connectivity index (χ3n) is 3.12. The van der Waals surface area contributed by atoms with Crippen LogP contribution in [-0.4, -0.2) is 9.78 Å². The number of anilines is 2. The predicted molar refractivity (Wildman–Crippen MR) is 78.3 cm³/mol. The minimum atomic E-state index is -4.32. The summed E-state index contributed by atoms with van der Waals surface area (Å²) in [5, 5.41) is 7.21. The van der Waals surface area contributed by atoms with E-state index in [-0.39, 0.29) is 0 Å². The van der Waals surface area contributed by atoms with Crippen molar-refractivity contribution in [1.82, 2.24) is 9.78 Å². The molecular weight excluding hydrogens is 291 g/mol. The van der Waals surface area contributed by atoms with Gasteiger partial charge in [0.2, 0.25) is 0 Å². The first-order valence-corrected chi connectivity index (χ1v) is 6.57. The lowest BCUT2D eigenvalue weighted by Gasteiger charge is -2.10. The van der Waals surface area contributed by atoms with Crippen LogP contribution in [0, 0.1) is 0 Å². The molecule has 1 N–H and O–H groups in total. The van der Waals surface area contributed by atoms with Gasteiger partial charge in [0.15, 0.2) is 0 Å². The van der Waals surface area contributed by atoms with Crippen molar-refractivity contribution >= 4 is 11.4 Å². The summed E-state index contributed by atoms with van der Waals surface area (Å²) in [5.41, 5.74) is 1.56. The van der Waals surface area contributed by atoms with Crippen molar-refractivity contribution in [3.63, 3.8) is 0 Å². The van der Waals surface area contributed by atoms with Gasteiger partial charge >= 0.3 is 6.18 Å². The lowest BCUT2D eigenvalue weighted by Crippen LogP contribution is -2.04. The maximum atomic E-state index is 12.5. The highest BCUT2D eigenvalue weighted by molar-refractivity contribution is 5.62. The summed E-state index contributed by atoms with van der Waals surface area (Å²) in [6.07, 6.45) is -0.828. The van der Waals surface area contributed by atoms with E-state index in [0.717, 1.165) is 23.5 Å². The number of rotatable bonds is 3. The van der Waals surface area contributed by atoms with Crippen LogP contribution in [-0.2, 0) is 6.18 Å². The van der Waals surface area contributed by atoms with Gasteiger partial charge in [0.1, 0.15) is 0 Å². The Morgan fingerprint density at radius 2 is 1.68 bits per heavy atom. The number of aromatic nitrogens is 2. The molecule has 1 heterocycles. The third kappa shape index (κ3) is 3.11. The Balaban J connectivity index is 1.80. The molecule has 0 atom stereocenters. The van der Waals surface area contributed by atoms with Crippen LogP contribution in [0.2, 0.25) is 0 Å². The molecule has 2 aromatic carbocycles. The fraction of sp³-hybridized carbons (Fsp3) is 0.0625. The van der Waals surface area contributed by atoms with E-state index in [1.54, 1.807) is 10.9 Å². The van der Waals surface area contributed by atoms with Gasteiger partial charge in [0.05, 0.1) is 11.3 Å². The molecule has 22 heavy (non-hydrogen) atoms. The van der Waals surface area contributed by atoms with E-state index in [4.69, 9.17) is 0 Å². The summed E-state index contributed by atoms with van der Waals surface area (Å²) in [7, 11) is 0. The number of hydrogen-bond donors (Lipinski definition) is 1. The first-order valence-electron chi connectivity index (χ1n) is 6.57. The van der Waals surface area contributed by atoms with Crippen LogP contribution in [0.5, 0.6) is 0 Å². The lowest BCUT2D eigenvalue weighted by molar-refractivity contribution is -0.137. The summed E-state index contributed by atoms with van der Waals surface area (Å²) in [4.78, 5) is 0. The van der Waals surface area contributed by atoms with Crippen LogP contribution in [0.15, 0.2) is 67.0 Å². The zero-order chi connectivity index (χ0) is 15.6. The van der Waals surface area contributed by atoms with Crippen LogP contribution in [0.3, 0.4) is 0 Å². The van der Waals surface area contributed by atoms with Gasteiger partial charge in [-0.3, -0.25) is 0 Å². The number of halogens is 3. The van der Waals surface area contributed by atoms with Crippen molar-refractivity contribution in [1.29, 1.82) is 0 Å². The van der Waals surface area contributed by atoms with Crippen LogP contribution in [0.1, 0.15) is 5.56 Å². The third-order valence-corrected chi connectivity index (χ3v) is 3.12. The largest absolute Gasteiger partial charge is 0.416 e. The molecule has 0 amide bonds. The molecule has 112 valence electrons. The molecule has 0 aliphatic heterocycles. The van der Waals surface area contributed by atoms with E-state index in [1.807, 2.05) is 36.5 Å². The summed E-state index contributed by atoms with van der Waals surface area (Å²) in [6, 6.07) is 14.2. The molecule has 3 aromatic rings. The molecule has 6 heteroatoms. The van der Waals surface area contributed by atoms with Crippen molar-refractivity contribution in [2.24, 2.45) is 0 Å². The molecule has 0 bridgehead atoms. The van der Waals surface area contributed by atoms with Gasteiger partial charge in [0, 0.05) is 23.8 Å². The van der Waals surface area contributed by atoms with E-state index in [0.29, 0.717) is 5.69 Å². The van der Waals surface area contributed by atoms with E-state index in [9.17, 15) is 13.2 Å². The fourth-order valence-electron chi connectivity index (χ4n) is 2.06. The van der Waals surface area contributed by atoms with Crippen LogP contribution in [0.25, 0.3) is 5.69 Å². The molecule has 0 aliphatic carbocycles. The van der Waals surface area contributed by atoms with Gasteiger partial charge in [-0.25, -0.2) is 4.68 Å². The van der Waals surface area contributed by atoms with Crippen molar-refractivity contribution in [2.45, 2.75) is 6.18 Å². The molecule has 0 unspecified atom stereocenters. The lowest BCUT2D eigenvalue weighted by atomic mass is 10.2. The first kappa shape index (κ1) is 14.2. The van der Waals surface area contributed by atoms with E-state index >= 15 is 0 Å². The Labute approximate surface area is 125 Å². The molecule has 1 aromatic heterocycles. The minimum absolute atomic E-state index is 0.589. The van der Waals surface area contributed by atoms with Gasteiger partial charge in [-0.05, 0) is 48.5 Å². The van der Waals surface area contributed by atoms with Gasteiger partial charge in [-0.1, -0.05) is 6.07 Å². The quantitative estimate of drug-likeness (QED) is 0.764. The Bertz CT molecular complexity index is 747. The smallest absolute Gasteiger partial charge is 0.355 e. The second-order valence-electron chi connectivity index (χ2n) is 4.70. The summed E-state index contributed by atoms with van der Waals surface area (Å²) in [5.74, 6) is 0. The van der Waals surface area contributed by atoms with Crippen molar-refractivity contribution < 1.29 is 13.2 Å². The van der Waals surface area contributed by atoms with Crippen LogP contribution < -0.4 is 5.32 Å². The van der Waals surface area contributed by atoms with E-state index in [1.165, 1.54) is 12.1 Å². The topological polar surface area (TPSA) is 29.9 Å². The van der Waals surface area contributed by atoms with Crippen LogP contribution >= 0.6 is 0 Å². The van der Waals surface area contributed by atoms with Gasteiger partial charge in [-0.15, -0.1) is 0 Å². The predicted octanol–water partition coefficient (Wildman–Crippen LogP) is 4.63. The van der Waals surface area contributed by atoms with E-state index < -0.39 is 11.7 Å². The number of hydrogen-bond acceptors (Lipinski definition) is 2. The Kier molecular flexibility index (Phi) is 3.58. The van der Waals surface area contributed by atoms with Gasteiger partial charge in [0.25, 0.3) is 0 Å². The number of alkyl halides is 3. The average molecular weight is 303 g/mol. The standard InChI is InChI=1S/C16H12F3N3/c17-16(18,19)12-5-7-13(8-6-12)21-14-3-1-4-15(11-14)22-10-2-9-20-22/h1-11,21H. The highest BCUT2D eigenvalue weighted by Crippen LogP contribution is 2.30.